The Hall–Kier alpha value is -4.01. The summed E-state index contributed by atoms with van der Waals surface area (Å²) in [6.45, 7) is 0.469. The molecule has 2 aromatic carbocycles. The zero-order chi connectivity index (χ0) is 23.6. The Kier molecular flexibility index (Phi) is 8.29. The lowest BCUT2D eigenvalue weighted by atomic mass is 10.2. The van der Waals surface area contributed by atoms with E-state index in [1.807, 2.05) is 12.1 Å². The third kappa shape index (κ3) is 6.99. The van der Waals surface area contributed by atoms with Crippen LogP contribution in [0.5, 0.6) is 11.5 Å². The molecule has 0 aliphatic heterocycles. The predicted molar refractivity (Wildman–Crippen MR) is 118 cm³/mol. The van der Waals surface area contributed by atoms with Gasteiger partial charge in [-0.25, -0.2) is 8.78 Å². The molecule has 0 aliphatic carbocycles. The van der Waals surface area contributed by atoms with Crippen molar-refractivity contribution in [2.45, 2.75) is 19.4 Å². The topological polar surface area (TPSA) is 89.6 Å². The van der Waals surface area contributed by atoms with E-state index < -0.39 is 17.5 Å². The number of amides is 2. The highest BCUT2D eigenvalue weighted by Gasteiger charge is 2.13. The lowest BCUT2D eigenvalue weighted by Crippen LogP contribution is -2.26. The van der Waals surface area contributed by atoms with Gasteiger partial charge in [0.15, 0.2) is 11.5 Å². The molecule has 0 unspecified atom stereocenters. The molecular formula is C24H23F2N3O4. The molecule has 33 heavy (non-hydrogen) atoms. The molecule has 3 aromatic rings. The number of ether oxygens (including phenoxy) is 2. The normalized spacial score (nSPS) is 10.4. The minimum Gasteiger partial charge on any atom is -0.493 e. The van der Waals surface area contributed by atoms with Crippen molar-refractivity contribution < 1.29 is 27.8 Å². The van der Waals surface area contributed by atoms with Gasteiger partial charge < -0.3 is 20.1 Å². The summed E-state index contributed by atoms with van der Waals surface area (Å²) >= 11 is 0. The maximum Gasteiger partial charge on any atom is 0.254 e. The number of nitrogens with zero attached hydrogens (tertiary/aromatic N) is 1. The first kappa shape index (κ1) is 23.6. The Morgan fingerprint density at radius 1 is 1.00 bits per heavy atom. The third-order valence-corrected chi connectivity index (χ3v) is 4.63. The van der Waals surface area contributed by atoms with Crippen molar-refractivity contribution in [2.75, 3.05) is 19.0 Å². The second-order valence-electron chi connectivity index (χ2n) is 7.04. The smallest absolute Gasteiger partial charge is 0.254 e. The lowest BCUT2D eigenvalue weighted by molar-refractivity contribution is -0.116. The predicted octanol–water partition coefficient (Wildman–Crippen LogP) is 4.10. The van der Waals surface area contributed by atoms with Crippen LogP contribution in [-0.2, 0) is 11.4 Å². The minimum atomic E-state index is -0.938. The molecule has 1 heterocycles. The fraction of sp³-hybridized carbons (Fsp3) is 0.208. The number of rotatable bonds is 10. The minimum absolute atomic E-state index is 0.130. The Labute approximate surface area is 189 Å². The van der Waals surface area contributed by atoms with Crippen LogP contribution in [0.15, 0.2) is 60.9 Å². The summed E-state index contributed by atoms with van der Waals surface area (Å²) in [5.41, 5.74) is 1.21. The number of hydrogen-bond donors (Lipinski definition) is 2. The summed E-state index contributed by atoms with van der Waals surface area (Å²) in [6.07, 6.45) is 3.81. The van der Waals surface area contributed by atoms with Gasteiger partial charge in [0, 0.05) is 43.2 Å². The van der Waals surface area contributed by atoms with E-state index in [1.165, 1.54) is 7.11 Å². The van der Waals surface area contributed by atoms with Gasteiger partial charge in [0.25, 0.3) is 5.91 Å². The van der Waals surface area contributed by atoms with Crippen molar-refractivity contribution in [3.8, 4) is 11.5 Å². The van der Waals surface area contributed by atoms with Gasteiger partial charge in [0.05, 0.1) is 12.7 Å². The molecule has 0 aliphatic rings. The molecule has 0 saturated carbocycles. The fourth-order valence-electron chi connectivity index (χ4n) is 2.95. The van der Waals surface area contributed by atoms with E-state index in [0.717, 1.165) is 17.7 Å². The number of aromatic nitrogens is 1. The van der Waals surface area contributed by atoms with Crippen LogP contribution in [0.1, 0.15) is 28.8 Å². The summed E-state index contributed by atoms with van der Waals surface area (Å²) < 4.78 is 37.7. The molecule has 0 atom stereocenters. The van der Waals surface area contributed by atoms with Crippen LogP contribution in [0.25, 0.3) is 0 Å². The fourth-order valence-corrected chi connectivity index (χ4v) is 2.95. The van der Waals surface area contributed by atoms with E-state index in [1.54, 1.807) is 30.6 Å². The number of anilines is 1. The molecule has 172 valence electrons. The summed E-state index contributed by atoms with van der Waals surface area (Å²) in [5.74, 6) is -1.63. The summed E-state index contributed by atoms with van der Waals surface area (Å²) in [6, 6.07) is 11.4. The lowest BCUT2D eigenvalue weighted by Gasteiger charge is -2.13. The number of halogens is 2. The number of benzene rings is 2. The Balaban J connectivity index is 1.48. The van der Waals surface area contributed by atoms with Crippen LogP contribution in [0.3, 0.4) is 0 Å². The molecule has 0 radical (unpaired) electrons. The molecule has 2 amide bonds. The van der Waals surface area contributed by atoms with Gasteiger partial charge in [-0.2, -0.15) is 0 Å². The van der Waals surface area contributed by atoms with E-state index >= 15 is 0 Å². The van der Waals surface area contributed by atoms with Crippen LogP contribution >= 0.6 is 0 Å². The number of methoxy groups -OCH3 is 1. The average Bonchev–Trinajstić information content (AvgIpc) is 2.81. The molecular weight excluding hydrogens is 432 g/mol. The first-order chi connectivity index (χ1) is 16.0. The molecule has 0 saturated heterocycles. The van der Waals surface area contributed by atoms with Gasteiger partial charge in [0.1, 0.15) is 18.2 Å². The summed E-state index contributed by atoms with van der Waals surface area (Å²) in [7, 11) is 1.53. The first-order valence-corrected chi connectivity index (χ1v) is 10.2. The molecule has 9 heteroatoms. The summed E-state index contributed by atoms with van der Waals surface area (Å²) in [5, 5.41) is 5.28. The second-order valence-corrected chi connectivity index (χ2v) is 7.04. The highest BCUT2D eigenvalue weighted by molar-refractivity contribution is 5.94. The van der Waals surface area contributed by atoms with E-state index in [-0.39, 0.29) is 24.4 Å². The molecule has 0 spiro atoms. The van der Waals surface area contributed by atoms with Gasteiger partial charge in [0.2, 0.25) is 5.91 Å². The van der Waals surface area contributed by atoms with Gasteiger partial charge in [-0.15, -0.1) is 0 Å². The summed E-state index contributed by atoms with van der Waals surface area (Å²) in [4.78, 5) is 28.2. The maximum atomic E-state index is 13.6. The van der Waals surface area contributed by atoms with Crippen LogP contribution in [-0.4, -0.2) is 30.5 Å². The highest BCUT2D eigenvalue weighted by atomic mass is 19.1. The maximum absolute atomic E-state index is 13.6. The number of carbonyl (C=O) groups excluding carboxylic acids is 2. The van der Waals surface area contributed by atoms with Gasteiger partial charge in [-0.3, -0.25) is 14.6 Å². The van der Waals surface area contributed by atoms with Crippen molar-refractivity contribution in [1.82, 2.24) is 10.3 Å². The highest BCUT2D eigenvalue weighted by Crippen LogP contribution is 2.31. The molecule has 2 N–H and O–H groups in total. The largest absolute Gasteiger partial charge is 0.493 e. The quantitative estimate of drug-likeness (QED) is 0.450. The van der Waals surface area contributed by atoms with Crippen LogP contribution < -0.4 is 20.1 Å². The van der Waals surface area contributed by atoms with Crippen LogP contribution in [0.2, 0.25) is 0 Å². The Morgan fingerprint density at radius 2 is 1.79 bits per heavy atom. The SMILES string of the molecule is COc1ccc(NC(=O)CCCNC(=O)c2ccc(F)cc2F)cc1OCc1ccncc1. The number of carbonyl (C=O) groups is 2. The van der Waals surface area contributed by atoms with E-state index in [4.69, 9.17) is 9.47 Å². The number of nitrogens with one attached hydrogen (secondary N) is 2. The van der Waals surface area contributed by atoms with Crippen molar-refractivity contribution in [1.29, 1.82) is 0 Å². The van der Waals surface area contributed by atoms with Gasteiger partial charge >= 0.3 is 0 Å². The number of hydrogen-bond acceptors (Lipinski definition) is 5. The average molecular weight is 455 g/mol. The molecule has 0 bridgehead atoms. The van der Waals surface area contributed by atoms with Crippen LogP contribution in [0.4, 0.5) is 14.5 Å². The van der Waals surface area contributed by atoms with E-state index in [2.05, 4.69) is 15.6 Å². The molecule has 7 nitrogen and oxygen atoms in total. The second kappa shape index (κ2) is 11.6. The monoisotopic (exact) mass is 455 g/mol. The molecule has 1 aromatic heterocycles. The Morgan fingerprint density at radius 3 is 2.52 bits per heavy atom. The van der Waals surface area contributed by atoms with Crippen molar-refractivity contribution in [2.24, 2.45) is 0 Å². The van der Waals surface area contributed by atoms with Crippen molar-refractivity contribution >= 4 is 17.5 Å². The van der Waals surface area contributed by atoms with Crippen LogP contribution in [0, 0.1) is 11.6 Å². The molecule has 0 fully saturated rings. The van der Waals surface area contributed by atoms with Gasteiger partial charge in [-0.05, 0) is 48.4 Å². The zero-order valence-electron chi connectivity index (χ0n) is 17.9. The zero-order valence-corrected chi connectivity index (χ0v) is 17.9. The Bertz CT molecular complexity index is 1110. The van der Waals surface area contributed by atoms with E-state index in [9.17, 15) is 18.4 Å². The third-order valence-electron chi connectivity index (χ3n) is 4.63. The van der Waals surface area contributed by atoms with E-state index in [0.29, 0.717) is 36.3 Å². The first-order valence-electron chi connectivity index (χ1n) is 10.2. The standard InChI is InChI=1S/C24H23F2N3O4/c1-32-21-7-5-18(14-22(21)33-15-16-8-11-27-12-9-16)29-23(30)3-2-10-28-24(31)19-6-4-17(25)13-20(19)26/h4-9,11-14H,2-3,10,15H2,1H3,(H,28,31)(H,29,30). The van der Waals surface area contributed by atoms with Crippen molar-refractivity contribution in [3.05, 3.63) is 83.7 Å². The van der Waals surface area contributed by atoms with Crippen molar-refractivity contribution in [3.63, 3.8) is 0 Å². The van der Waals surface area contributed by atoms with Gasteiger partial charge in [-0.1, -0.05) is 0 Å². The molecule has 3 rings (SSSR count). The number of pyridine rings is 1.